The van der Waals surface area contributed by atoms with Crippen molar-refractivity contribution in [3.63, 3.8) is 0 Å². The Morgan fingerprint density at radius 2 is 1.53 bits per heavy atom. The van der Waals surface area contributed by atoms with E-state index in [2.05, 4.69) is 19.1 Å². The van der Waals surface area contributed by atoms with Crippen LogP contribution in [-0.2, 0) is 17.7 Å². The molecule has 0 amide bonds. The fourth-order valence-corrected chi connectivity index (χ4v) is 4.33. The number of nitrogens with two attached hydrogens (primary N) is 1. The van der Waals surface area contributed by atoms with Crippen LogP contribution in [0.5, 0.6) is 0 Å². The zero-order valence-corrected chi connectivity index (χ0v) is 20.0. The molecule has 0 spiro atoms. The van der Waals surface area contributed by atoms with Crippen LogP contribution in [-0.4, -0.2) is 27.1 Å². The van der Waals surface area contributed by atoms with E-state index in [0.29, 0.717) is 35.7 Å². The van der Waals surface area contributed by atoms with Crippen LogP contribution in [0.25, 0.3) is 22.2 Å². The number of aromatic nitrogens is 3. The molecule has 2 aromatic heterocycles. The molecule has 0 aliphatic carbocycles. The minimum Gasteiger partial charge on any atom is -0.462 e. The van der Waals surface area contributed by atoms with E-state index in [1.54, 1.807) is 0 Å². The molecule has 6 nitrogen and oxygen atoms in total. The van der Waals surface area contributed by atoms with Crippen molar-refractivity contribution >= 4 is 34.0 Å². The number of nitrogen functional groups attached to an aromatic ring is 1. The first-order chi connectivity index (χ1) is 16.7. The number of unbranched alkanes of at least 4 members (excludes halogenated alkanes) is 6. The Balaban J connectivity index is 1.53. The Bertz CT molecular complexity index is 1230. The monoisotopic (exact) mass is 458 g/mol. The third-order valence-corrected chi connectivity index (χ3v) is 6.24. The number of anilines is 1. The fourth-order valence-electron chi connectivity index (χ4n) is 4.33. The third-order valence-electron chi connectivity index (χ3n) is 6.24. The number of fused-ring (bicyclic) bond motifs is 2. The summed E-state index contributed by atoms with van der Waals surface area (Å²) in [6.07, 6.45) is 8.93. The predicted octanol–water partition coefficient (Wildman–Crippen LogP) is 6.32. The lowest BCUT2D eigenvalue weighted by Gasteiger charge is -2.08. The highest BCUT2D eigenvalue weighted by atomic mass is 16.5. The van der Waals surface area contributed by atoms with Gasteiger partial charge in [0.1, 0.15) is 16.9 Å². The number of rotatable bonds is 12. The average molecular weight is 459 g/mol. The molecule has 2 N–H and O–H groups in total. The van der Waals surface area contributed by atoms with Crippen LogP contribution in [0.3, 0.4) is 0 Å². The molecule has 0 radical (unpaired) electrons. The fraction of sp³-hybridized carbons (Fsp3) is 0.393. The van der Waals surface area contributed by atoms with E-state index in [0.717, 1.165) is 30.3 Å². The van der Waals surface area contributed by atoms with Crippen molar-refractivity contribution < 1.29 is 9.53 Å². The van der Waals surface area contributed by atoms with Gasteiger partial charge >= 0.3 is 5.97 Å². The first-order valence-electron chi connectivity index (χ1n) is 12.4. The van der Waals surface area contributed by atoms with E-state index in [1.807, 2.05) is 47.0 Å². The highest BCUT2D eigenvalue weighted by Crippen LogP contribution is 2.29. The lowest BCUT2D eigenvalue weighted by molar-refractivity contribution is 0.0501. The van der Waals surface area contributed by atoms with Crippen LogP contribution < -0.4 is 5.73 Å². The van der Waals surface area contributed by atoms with E-state index in [4.69, 9.17) is 20.4 Å². The second-order valence-corrected chi connectivity index (χ2v) is 8.79. The topological polar surface area (TPSA) is 83.0 Å². The Kier molecular flexibility index (Phi) is 8.12. The molecule has 4 rings (SSSR count). The number of esters is 1. The zero-order chi connectivity index (χ0) is 23.8. The molecule has 0 aliphatic heterocycles. The standard InChI is InChI=1S/C28H34N4O2/c1-2-3-4-5-6-7-13-20-34-28(33)24-25-27(31-23-17-12-11-16-22(23)30-25)32(26(24)29)19-18-21-14-9-8-10-15-21/h8-12,14-17H,2-7,13,18-20,29H2,1H3. The van der Waals surface area contributed by atoms with Crippen molar-refractivity contribution in [2.45, 2.75) is 64.8 Å². The summed E-state index contributed by atoms with van der Waals surface area (Å²) in [6.45, 7) is 3.21. The van der Waals surface area contributed by atoms with Gasteiger partial charge in [0.05, 0.1) is 17.6 Å². The molecular formula is C28H34N4O2. The van der Waals surface area contributed by atoms with Gasteiger partial charge in [0.15, 0.2) is 5.65 Å². The summed E-state index contributed by atoms with van der Waals surface area (Å²) in [6, 6.07) is 17.9. The van der Waals surface area contributed by atoms with Crippen molar-refractivity contribution in [3.8, 4) is 0 Å². The van der Waals surface area contributed by atoms with Crippen LogP contribution in [0.2, 0.25) is 0 Å². The van der Waals surface area contributed by atoms with E-state index in [9.17, 15) is 4.79 Å². The second kappa shape index (κ2) is 11.6. The SMILES string of the molecule is CCCCCCCCCOC(=O)c1c(N)n(CCc2ccccc2)c2nc3ccccc3nc12. The maximum Gasteiger partial charge on any atom is 0.344 e. The molecule has 6 heteroatoms. The van der Waals surface area contributed by atoms with Crippen LogP contribution in [0.4, 0.5) is 5.82 Å². The second-order valence-electron chi connectivity index (χ2n) is 8.79. The van der Waals surface area contributed by atoms with Gasteiger partial charge in [0, 0.05) is 6.54 Å². The number of carbonyl (C=O) groups is 1. The van der Waals surface area contributed by atoms with E-state index in [-0.39, 0.29) is 0 Å². The smallest absolute Gasteiger partial charge is 0.344 e. The van der Waals surface area contributed by atoms with Gasteiger partial charge in [0.25, 0.3) is 0 Å². The molecule has 0 saturated carbocycles. The van der Waals surface area contributed by atoms with Crippen LogP contribution in [0.15, 0.2) is 54.6 Å². The van der Waals surface area contributed by atoms with Gasteiger partial charge in [-0.05, 0) is 30.5 Å². The van der Waals surface area contributed by atoms with E-state index >= 15 is 0 Å². The number of benzene rings is 2. The lowest BCUT2D eigenvalue weighted by atomic mass is 10.1. The Hall–Kier alpha value is -3.41. The van der Waals surface area contributed by atoms with Gasteiger partial charge in [-0.3, -0.25) is 0 Å². The summed E-state index contributed by atoms with van der Waals surface area (Å²) in [5, 5.41) is 0. The number of hydrogen-bond acceptors (Lipinski definition) is 5. The molecule has 0 atom stereocenters. The van der Waals surface area contributed by atoms with Gasteiger partial charge in [-0.15, -0.1) is 0 Å². The molecule has 0 aliphatic rings. The van der Waals surface area contributed by atoms with Crippen molar-refractivity contribution in [1.82, 2.24) is 14.5 Å². The van der Waals surface area contributed by atoms with Crippen molar-refractivity contribution in [1.29, 1.82) is 0 Å². The summed E-state index contributed by atoms with van der Waals surface area (Å²) in [5.74, 6) is -0.0534. The highest BCUT2D eigenvalue weighted by Gasteiger charge is 2.25. The van der Waals surface area contributed by atoms with Gasteiger partial charge in [0.2, 0.25) is 0 Å². The molecule has 4 aromatic rings. The minimum absolute atomic E-state index is 0.323. The number of para-hydroxylation sites is 2. The number of ether oxygens (including phenoxy) is 1. The minimum atomic E-state index is -0.420. The van der Waals surface area contributed by atoms with Crippen LogP contribution in [0.1, 0.15) is 67.8 Å². The largest absolute Gasteiger partial charge is 0.462 e. The maximum atomic E-state index is 13.1. The Labute approximate surface area is 201 Å². The molecule has 2 aromatic carbocycles. The van der Waals surface area contributed by atoms with Crippen molar-refractivity contribution in [2.24, 2.45) is 0 Å². The number of aryl methyl sites for hydroxylation is 2. The molecule has 2 heterocycles. The molecule has 0 bridgehead atoms. The van der Waals surface area contributed by atoms with Gasteiger partial charge in [-0.25, -0.2) is 14.8 Å². The maximum absolute atomic E-state index is 13.1. The quantitative estimate of drug-likeness (QED) is 0.198. The van der Waals surface area contributed by atoms with Crippen molar-refractivity contribution in [2.75, 3.05) is 12.3 Å². The highest BCUT2D eigenvalue weighted by molar-refractivity contribution is 6.08. The molecule has 0 unspecified atom stereocenters. The summed E-state index contributed by atoms with van der Waals surface area (Å²) in [7, 11) is 0. The first-order valence-corrected chi connectivity index (χ1v) is 12.4. The molecule has 34 heavy (non-hydrogen) atoms. The number of hydrogen-bond donors (Lipinski definition) is 1. The molecule has 0 saturated heterocycles. The van der Waals surface area contributed by atoms with E-state index in [1.165, 1.54) is 37.7 Å². The van der Waals surface area contributed by atoms with Crippen LogP contribution >= 0.6 is 0 Å². The Morgan fingerprint density at radius 3 is 2.26 bits per heavy atom. The van der Waals surface area contributed by atoms with Crippen LogP contribution in [0, 0.1) is 0 Å². The average Bonchev–Trinajstić information content (AvgIpc) is 3.13. The Morgan fingerprint density at radius 1 is 0.882 bits per heavy atom. The summed E-state index contributed by atoms with van der Waals surface area (Å²) in [4.78, 5) is 22.7. The normalized spacial score (nSPS) is 11.3. The first kappa shape index (κ1) is 23.7. The lowest BCUT2D eigenvalue weighted by Crippen LogP contribution is -2.11. The summed E-state index contributed by atoms with van der Waals surface area (Å²) < 4.78 is 7.53. The van der Waals surface area contributed by atoms with Gasteiger partial charge in [-0.2, -0.15) is 0 Å². The van der Waals surface area contributed by atoms with E-state index < -0.39 is 5.97 Å². The molecular weight excluding hydrogens is 424 g/mol. The summed E-state index contributed by atoms with van der Waals surface area (Å²) in [5.41, 5.74) is 10.7. The third kappa shape index (κ3) is 5.56. The zero-order valence-electron chi connectivity index (χ0n) is 20.0. The number of carbonyl (C=O) groups excluding carboxylic acids is 1. The van der Waals surface area contributed by atoms with Gasteiger partial charge in [-0.1, -0.05) is 87.9 Å². The summed E-state index contributed by atoms with van der Waals surface area (Å²) >= 11 is 0. The molecule has 178 valence electrons. The number of nitrogens with zero attached hydrogens (tertiary/aromatic N) is 3. The van der Waals surface area contributed by atoms with Crippen molar-refractivity contribution in [3.05, 3.63) is 65.7 Å². The van der Waals surface area contributed by atoms with Gasteiger partial charge < -0.3 is 15.0 Å². The predicted molar refractivity (Wildman–Crippen MR) is 138 cm³/mol. The molecule has 0 fully saturated rings.